The molecule has 0 unspecified atom stereocenters. The van der Waals surface area contributed by atoms with Crippen LogP contribution in [0.25, 0.3) is 0 Å². The van der Waals surface area contributed by atoms with E-state index in [1.54, 1.807) is 6.08 Å². The lowest BCUT2D eigenvalue weighted by molar-refractivity contribution is -0.116. The van der Waals surface area contributed by atoms with Crippen molar-refractivity contribution in [1.82, 2.24) is 0 Å². The van der Waals surface area contributed by atoms with Gasteiger partial charge in [0.05, 0.1) is 0 Å². The standard InChI is InChI=1S/C11H14O/c1-8-3-4-9-7-10(12)5-6-11(8,9)2/h5-6,9H,1,3-4,7H2,2H3/t9-,11+/m0/s1. The first-order valence-electron chi connectivity index (χ1n) is 4.53. The van der Waals surface area contributed by atoms with Crippen molar-refractivity contribution in [2.45, 2.75) is 26.2 Å². The van der Waals surface area contributed by atoms with Gasteiger partial charge in [0.25, 0.3) is 0 Å². The Labute approximate surface area is 73.2 Å². The third-order valence-corrected chi connectivity index (χ3v) is 3.47. The highest BCUT2D eigenvalue weighted by atomic mass is 16.1. The molecule has 64 valence electrons. The topological polar surface area (TPSA) is 17.1 Å². The van der Waals surface area contributed by atoms with Crippen molar-refractivity contribution in [3.8, 4) is 0 Å². The Morgan fingerprint density at radius 1 is 1.67 bits per heavy atom. The summed E-state index contributed by atoms with van der Waals surface area (Å²) in [6, 6.07) is 0. The molecular weight excluding hydrogens is 148 g/mol. The second kappa shape index (κ2) is 2.32. The minimum absolute atomic E-state index is 0.133. The molecule has 0 radical (unpaired) electrons. The van der Waals surface area contributed by atoms with Gasteiger partial charge in [-0.15, -0.1) is 0 Å². The van der Waals surface area contributed by atoms with Gasteiger partial charge in [0.1, 0.15) is 0 Å². The highest BCUT2D eigenvalue weighted by molar-refractivity contribution is 5.91. The fourth-order valence-corrected chi connectivity index (χ4v) is 2.35. The monoisotopic (exact) mass is 162 g/mol. The Hall–Kier alpha value is -0.850. The van der Waals surface area contributed by atoms with Gasteiger partial charge in [-0.05, 0) is 24.8 Å². The summed E-state index contributed by atoms with van der Waals surface area (Å²) in [5.41, 5.74) is 1.43. The largest absolute Gasteiger partial charge is 0.295 e. The summed E-state index contributed by atoms with van der Waals surface area (Å²) in [6.07, 6.45) is 6.75. The zero-order valence-corrected chi connectivity index (χ0v) is 7.47. The lowest BCUT2D eigenvalue weighted by Crippen LogP contribution is -2.26. The number of allylic oxidation sites excluding steroid dienone is 3. The average molecular weight is 162 g/mol. The zero-order valence-electron chi connectivity index (χ0n) is 7.47. The van der Waals surface area contributed by atoms with Crippen molar-refractivity contribution in [1.29, 1.82) is 0 Å². The first-order valence-corrected chi connectivity index (χ1v) is 4.53. The third kappa shape index (κ3) is 0.889. The molecule has 0 amide bonds. The molecule has 0 aliphatic heterocycles. The number of hydrogen-bond acceptors (Lipinski definition) is 1. The van der Waals surface area contributed by atoms with Crippen LogP contribution < -0.4 is 0 Å². The summed E-state index contributed by atoms with van der Waals surface area (Å²) in [4.78, 5) is 11.1. The Morgan fingerprint density at radius 3 is 3.17 bits per heavy atom. The number of hydrogen-bond donors (Lipinski definition) is 0. The summed E-state index contributed by atoms with van der Waals surface area (Å²) in [5, 5.41) is 0. The Bertz CT molecular complexity index is 275. The van der Waals surface area contributed by atoms with E-state index < -0.39 is 0 Å². The maximum atomic E-state index is 11.1. The van der Waals surface area contributed by atoms with Crippen LogP contribution in [-0.2, 0) is 4.79 Å². The van der Waals surface area contributed by atoms with E-state index in [0.29, 0.717) is 5.92 Å². The van der Waals surface area contributed by atoms with Crippen molar-refractivity contribution in [3.63, 3.8) is 0 Å². The van der Waals surface area contributed by atoms with E-state index >= 15 is 0 Å². The first-order chi connectivity index (χ1) is 5.63. The second-order valence-corrected chi connectivity index (χ2v) is 4.13. The fourth-order valence-electron chi connectivity index (χ4n) is 2.35. The van der Waals surface area contributed by atoms with Crippen LogP contribution in [0.3, 0.4) is 0 Å². The third-order valence-electron chi connectivity index (χ3n) is 3.47. The molecule has 12 heavy (non-hydrogen) atoms. The van der Waals surface area contributed by atoms with E-state index in [0.717, 1.165) is 19.3 Å². The van der Waals surface area contributed by atoms with E-state index in [2.05, 4.69) is 19.6 Å². The molecule has 2 atom stereocenters. The summed E-state index contributed by atoms with van der Waals surface area (Å²) in [7, 11) is 0. The minimum Gasteiger partial charge on any atom is -0.295 e. The van der Waals surface area contributed by atoms with E-state index in [1.165, 1.54) is 5.57 Å². The van der Waals surface area contributed by atoms with Gasteiger partial charge in [-0.3, -0.25) is 4.79 Å². The molecular formula is C11H14O. The van der Waals surface area contributed by atoms with Crippen molar-refractivity contribution < 1.29 is 4.79 Å². The molecule has 1 saturated carbocycles. The van der Waals surface area contributed by atoms with E-state index in [9.17, 15) is 4.79 Å². The van der Waals surface area contributed by atoms with Gasteiger partial charge < -0.3 is 0 Å². The van der Waals surface area contributed by atoms with E-state index in [4.69, 9.17) is 0 Å². The minimum atomic E-state index is 0.133. The van der Waals surface area contributed by atoms with E-state index in [-0.39, 0.29) is 11.2 Å². The molecule has 0 heterocycles. The maximum absolute atomic E-state index is 11.1. The van der Waals surface area contributed by atoms with Crippen LogP contribution in [-0.4, -0.2) is 5.78 Å². The van der Waals surface area contributed by atoms with Gasteiger partial charge in [-0.1, -0.05) is 25.2 Å². The van der Waals surface area contributed by atoms with Gasteiger partial charge >= 0.3 is 0 Å². The zero-order chi connectivity index (χ0) is 8.77. The first kappa shape index (κ1) is 7.78. The SMILES string of the molecule is C=C1CC[C@H]2CC(=O)C=C[C@]12C. The predicted octanol–water partition coefficient (Wildman–Crippen LogP) is 2.49. The molecule has 2 rings (SSSR count). The van der Waals surface area contributed by atoms with E-state index in [1.807, 2.05) is 0 Å². The molecule has 1 heteroatoms. The van der Waals surface area contributed by atoms with Crippen molar-refractivity contribution >= 4 is 5.78 Å². The number of fused-ring (bicyclic) bond motifs is 1. The Balaban J connectivity index is 2.39. The molecule has 0 aromatic rings. The normalized spacial score (nSPS) is 40.2. The molecule has 1 fully saturated rings. The van der Waals surface area contributed by atoms with Gasteiger partial charge in [0.15, 0.2) is 5.78 Å². The Kier molecular flexibility index (Phi) is 1.50. The highest BCUT2D eigenvalue weighted by Crippen LogP contribution is 2.50. The summed E-state index contributed by atoms with van der Waals surface area (Å²) >= 11 is 0. The quantitative estimate of drug-likeness (QED) is 0.500. The van der Waals surface area contributed by atoms with Crippen LogP contribution in [0.2, 0.25) is 0 Å². The van der Waals surface area contributed by atoms with Gasteiger partial charge in [0, 0.05) is 11.8 Å². The summed E-state index contributed by atoms with van der Waals surface area (Å²) in [6.45, 7) is 6.28. The molecule has 2 aliphatic carbocycles. The van der Waals surface area contributed by atoms with Crippen molar-refractivity contribution in [2.75, 3.05) is 0 Å². The molecule has 0 aromatic carbocycles. The average Bonchev–Trinajstić information content (AvgIpc) is 2.31. The number of rotatable bonds is 0. The maximum Gasteiger partial charge on any atom is 0.155 e. The molecule has 0 spiro atoms. The lowest BCUT2D eigenvalue weighted by atomic mass is 9.72. The van der Waals surface area contributed by atoms with Crippen molar-refractivity contribution in [2.24, 2.45) is 11.3 Å². The van der Waals surface area contributed by atoms with Crippen LogP contribution in [0.5, 0.6) is 0 Å². The molecule has 0 saturated heterocycles. The number of ketones is 1. The number of carbonyl (C=O) groups is 1. The van der Waals surface area contributed by atoms with Gasteiger partial charge in [-0.2, -0.15) is 0 Å². The summed E-state index contributed by atoms with van der Waals surface area (Å²) < 4.78 is 0. The number of carbonyl (C=O) groups excluding carboxylic acids is 1. The Morgan fingerprint density at radius 2 is 2.42 bits per heavy atom. The van der Waals surface area contributed by atoms with Crippen LogP contribution in [0, 0.1) is 11.3 Å². The van der Waals surface area contributed by atoms with Crippen LogP contribution in [0.15, 0.2) is 24.3 Å². The molecule has 0 aromatic heterocycles. The molecule has 2 aliphatic rings. The molecule has 0 bridgehead atoms. The van der Waals surface area contributed by atoms with Gasteiger partial charge in [0.2, 0.25) is 0 Å². The predicted molar refractivity (Wildman–Crippen MR) is 48.7 cm³/mol. The van der Waals surface area contributed by atoms with Crippen LogP contribution in [0.1, 0.15) is 26.2 Å². The second-order valence-electron chi connectivity index (χ2n) is 4.13. The fraction of sp³-hybridized carbons (Fsp3) is 0.545. The van der Waals surface area contributed by atoms with Crippen LogP contribution in [0.4, 0.5) is 0 Å². The van der Waals surface area contributed by atoms with Gasteiger partial charge in [-0.25, -0.2) is 0 Å². The molecule has 0 N–H and O–H groups in total. The molecule has 1 nitrogen and oxygen atoms in total. The summed E-state index contributed by atoms with van der Waals surface area (Å²) in [5.74, 6) is 0.815. The lowest BCUT2D eigenvalue weighted by Gasteiger charge is -2.31. The smallest absolute Gasteiger partial charge is 0.155 e. The van der Waals surface area contributed by atoms with Crippen molar-refractivity contribution in [3.05, 3.63) is 24.3 Å². The highest BCUT2D eigenvalue weighted by Gasteiger charge is 2.42. The van der Waals surface area contributed by atoms with Crippen LogP contribution >= 0.6 is 0 Å².